The van der Waals surface area contributed by atoms with Crippen molar-refractivity contribution in [2.45, 2.75) is 13.5 Å². The second kappa shape index (κ2) is 6.22. The molecule has 0 fully saturated rings. The fraction of sp³-hybridized carbons (Fsp3) is 0.118. The van der Waals surface area contributed by atoms with Crippen LogP contribution in [0.25, 0.3) is 0 Å². The number of nitrogens with zero attached hydrogens (tertiary/aromatic N) is 3. The summed E-state index contributed by atoms with van der Waals surface area (Å²) in [5.41, 5.74) is 3.43. The van der Waals surface area contributed by atoms with E-state index in [1.807, 2.05) is 0 Å². The van der Waals surface area contributed by atoms with Gasteiger partial charge in [0.1, 0.15) is 5.69 Å². The molecule has 0 bridgehead atoms. The molecule has 0 saturated carbocycles. The Morgan fingerprint density at radius 2 is 2.00 bits per heavy atom. The van der Waals surface area contributed by atoms with E-state index in [1.165, 1.54) is 5.56 Å². The van der Waals surface area contributed by atoms with Crippen LogP contribution in [0, 0.1) is 6.92 Å². The molecule has 0 aliphatic rings. The van der Waals surface area contributed by atoms with Crippen molar-refractivity contribution in [3.05, 3.63) is 77.9 Å². The highest BCUT2D eigenvalue weighted by Gasteiger charge is 2.08. The Morgan fingerprint density at radius 3 is 2.73 bits per heavy atom. The lowest BCUT2D eigenvalue weighted by Gasteiger charge is -2.03. The van der Waals surface area contributed by atoms with E-state index in [0.717, 1.165) is 5.56 Å². The van der Waals surface area contributed by atoms with Crippen molar-refractivity contribution < 1.29 is 4.79 Å². The van der Waals surface area contributed by atoms with E-state index < -0.39 is 0 Å². The zero-order valence-corrected chi connectivity index (χ0v) is 12.2. The summed E-state index contributed by atoms with van der Waals surface area (Å²) in [5, 5.41) is 7.05. The molecule has 1 aromatic carbocycles. The van der Waals surface area contributed by atoms with Crippen LogP contribution in [0.3, 0.4) is 0 Å². The molecule has 0 aliphatic heterocycles. The quantitative estimate of drug-likeness (QED) is 0.804. The Bertz CT molecular complexity index is 763. The maximum atomic E-state index is 12.0. The Morgan fingerprint density at radius 1 is 1.18 bits per heavy atom. The molecule has 0 spiro atoms. The molecule has 0 unspecified atom stereocenters. The van der Waals surface area contributed by atoms with Gasteiger partial charge in [0.2, 0.25) is 0 Å². The molecular weight excluding hydrogens is 276 g/mol. The van der Waals surface area contributed by atoms with Gasteiger partial charge in [0, 0.05) is 12.4 Å². The number of aryl methyl sites for hydroxylation is 1. The first-order valence-electron chi connectivity index (χ1n) is 7.01. The van der Waals surface area contributed by atoms with Crippen molar-refractivity contribution in [1.29, 1.82) is 0 Å². The number of amides is 1. The minimum Gasteiger partial charge on any atom is -0.318 e. The third-order valence-electron chi connectivity index (χ3n) is 3.25. The predicted molar refractivity (Wildman–Crippen MR) is 84.7 cm³/mol. The minimum absolute atomic E-state index is 0.240. The summed E-state index contributed by atoms with van der Waals surface area (Å²) < 4.78 is 1.79. The molecule has 2 heterocycles. The van der Waals surface area contributed by atoms with E-state index in [9.17, 15) is 4.79 Å². The van der Waals surface area contributed by atoms with Gasteiger partial charge < -0.3 is 5.32 Å². The van der Waals surface area contributed by atoms with Gasteiger partial charge >= 0.3 is 0 Å². The second-order valence-electron chi connectivity index (χ2n) is 5.08. The lowest BCUT2D eigenvalue weighted by atomic mass is 10.1. The number of hydrogen-bond acceptors (Lipinski definition) is 3. The van der Waals surface area contributed by atoms with Crippen molar-refractivity contribution in [2.24, 2.45) is 0 Å². The standard InChI is InChI=1S/C17H16N4O/c1-13-5-7-14(8-6-13)11-21-12-15(10-19-21)20-17(22)16-4-2-3-9-18-16/h2-10,12H,11H2,1H3,(H,20,22). The van der Waals surface area contributed by atoms with Gasteiger partial charge in [-0.05, 0) is 24.6 Å². The number of aromatic nitrogens is 3. The summed E-state index contributed by atoms with van der Waals surface area (Å²) >= 11 is 0. The fourth-order valence-corrected chi connectivity index (χ4v) is 2.09. The van der Waals surface area contributed by atoms with E-state index in [1.54, 1.807) is 41.5 Å². The summed E-state index contributed by atoms with van der Waals surface area (Å²) in [6, 6.07) is 13.5. The summed E-state index contributed by atoms with van der Waals surface area (Å²) in [7, 11) is 0. The van der Waals surface area contributed by atoms with Crippen molar-refractivity contribution >= 4 is 11.6 Å². The molecule has 0 atom stereocenters. The van der Waals surface area contributed by atoms with Gasteiger partial charge in [-0.1, -0.05) is 35.9 Å². The van der Waals surface area contributed by atoms with Crippen molar-refractivity contribution in [2.75, 3.05) is 5.32 Å². The van der Waals surface area contributed by atoms with Gasteiger partial charge in [-0.3, -0.25) is 14.5 Å². The van der Waals surface area contributed by atoms with Crippen LogP contribution in [-0.2, 0) is 6.54 Å². The van der Waals surface area contributed by atoms with E-state index in [0.29, 0.717) is 17.9 Å². The highest BCUT2D eigenvalue weighted by atomic mass is 16.1. The molecule has 0 radical (unpaired) electrons. The normalized spacial score (nSPS) is 10.4. The number of benzene rings is 1. The SMILES string of the molecule is Cc1ccc(Cn2cc(NC(=O)c3ccccn3)cn2)cc1. The lowest BCUT2D eigenvalue weighted by molar-refractivity contribution is 0.102. The Labute approximate surface area is 128 Å². The average molecular weight is 292 g/mol. The van der Waals surface area contributed by atoms with Gasteiger partial charge in [-0.25, -0.2) is 0 Å². The maximum Gasteiger partial charge on any atom is 0.274 e. The third kappa shape index (κ3) is 3.38. The molecule has 1 N–H and O–H groups in total. The van der Waals surface area contributed by atoms with Gasteiger partial charge in [-0.15, -0.1) is 0 Å². The Hall–Kier alpha value is -2.95. The summed E-state index contributed by atoms with van der Waals surface area (Å²) in [4.78, 5) is 16.0. The molecule has 22 heavy (non-hydrogen) atoms. The van der Waals surface area contributed by atoms with Crippen molar-refractivity contribution in [3.8, 4) is 0 Å². The van der Waals surface area contributed by atoms with Crippen LogP contribution >= 0.6 is 0 Å². The smallest absolute Gasteiger partial charge is 0.274 e. The fourth-order valence-electron chi connectivity index (χ4n) is 2.09. The van der Waals surface area contributed by atoms with Gasteiger partial charge in [0.15, 0.2) is 0 Å². The van der Waals surface area contributed by atoms with Crippen LogP contribution in [0.5, 0.6) is 0 Å². The first-order valence-corrected chi connectivity index (χ1v) is 7.01. The van der Waals surface area contributed by atoms with E-state index in [2.05, 4.69) is 46.6 Å². The molecular formula is C17H16N4O. The Balaban J connectivity index is 1.66. The van der Waals surface area contributed by atoms with E-state index in [4.69, 9.17) is 0 Å². The number of rotatable bonds is 4. The number of anilines is 1. The first kappa shape index (κ1) is 14.0. The number of hydrogen-bond donors (Lipinski definition) is 1. The molecule has 3 rings (SSSR count). The van der Waals surface area contributed by atoms with Crippen LogP contribution in [0.1, 0.15) is 21.6 Å². The molecule has 0 saturated heterocycles. The van der Waals surface area contributed by atoms with Crippen LogP contribution in [-0.4, -0.2) is 20.7 Å². The van der Waals surface area contributed by atoms with Crippen molar-refractivity contribution in [1.82, 2.24) is 14.8 Å². The van der Waals surface area contributed by atoms with E-state index in [-0.39, 0.29) is 5.91 Å². The van der Waals surface area contributed by atoms with Crippen molar-refractivity contribution in [3.63, 3.8) is 0 Å². The topological polar surface area (TPSA) is 59.8 Å². The molecule has 1 amide bonds. The third-order valence-corrected chi connectivity index (χ3v) is 3.25. The molecule has 5 nitrogen and oxygen atoms in total. The number of nitrogens with one attached hydrogen (secondary N) is 1. The predicted octanol–water partition coefficient (Wildman–Crippen LogP) is 2.89. The highest BCUT2D eigenvalue weighted by Crippen LogP contribution is 2.10. The molecule has 0 aliphatic carbocycles. The van der Waals surface area contributed by atoms with Crippen LogP contribution in [0.4, 0.5) is 5.69 Å². The first-order chi connectivity index (χ1) is 10.7. The van der Waals surface area contributed by atoms with Crippen LogP contribution < -0.4 is 5.32 Å². The number of carbonyl (C=O) groups is 1. The van der Waals surface area contributed by atoms with Gasteiger partial charge in [0.05, 0.1) is 18.4 Å². The molecule has 110 valence electrons. The zero-order chi connectivity index (χ0) is 15.4. The molecule has 3 aromatic rings. The van der Waals surface area contributed by atoms with E-state index >= 15 is 0 Å². The number of pyridine rings is 1. The Kier molecular flexibility index (Phi) is 3.96. The maximum absolute atomic E-state index is 12.0. The van der Waals surface area contributed by atoms with Crippen LogP contribution in [0.15, 0.2) is 61.1 Å². The highest BCUT2D eigenvalue weighted by molar-refractivity contribution is 6.02. The number of carbonyl (C=O) groups excluding carboxylic acids is 1. The monoisotopic (exact) mass is 292 g/mol. The molecule has 2 aromatic heterocycles. The summed E-state index contributed by atoms with van der Waals surface area (Å²) in [6.07, 6.45) is 5.03. The molecule has 5 heteroatoms. The summed E-state index contributed by atoms with van der Waals surface area (Å²) in [6.45, 7) is 2.72. The van der Waals surface area contributed by atoms with Crippen LogP contribution in [0.2, 0.25) is 0 Å². The van der Waals surface area contributed by atoms with Gasteiger partial charge in [-0.2, -0.15) is 5.10 Å². The largest absolute Gasteiger partial charge is 0.318 e. The lowest BCUT2D eigenvalue weighted by Crippen LogP contribution is -2.12. The average Bonchev–Trinajstić information content (AvgIpc) is 2.97. The second-order valence-corrected chi connectivity index (χ2v) is 5.08. The minimum atomic E-state index is -0.240. The zero-order valence-electron chi connectivity index (χ0n) is 12.2. The van der Waals surface area contributed by atoms with Gasteiger partial charge in [0.25, 0.3) is 5.91 Å². The summed E-state index contributed by atoms with van der Waals surface area (Å²) in [5.74, 6) is -0.240.